The highest BCUT2D eigenvalue weighted by Crippen LogP contribution is 2.21. The number of nitrogens with two attached hydrogens (primary N) is 2. The van der Waals surface area contributed by atoms with Gasteiger partial charge >= 0.3 is 0 Å². The number of primary amides is 1. The zero-order valence-corrected chi connectivity index (χ0v) is 8.23. The lowest BCUT2D eigenvalue weighted by atomic mass is 9.96. The van der Waals surface area contributed by atoms with Crippen molar-refractivity contribution in [2.24, 2.45) is 17.4 Å². The molecule has 0 aliphatic heterocycles. The summed E-state index contributed by atoms with van der Waals surface area (Å²) < 4.78 is 4.90. The lowest BCUT2D eigenvalue weighted by Crippen LogP contribution is -2.19. The van der Waals surface area contributed by atoms with Gasteiger partial charge in [-0.1, -0.05) is 19.0 Å². The van der Waals surface area contributed by atoms with E-state index in [4.69, 9.17) is 16.0 Å². The van der Waals surface area contributed by atoms with Gasteiger partial charge in [0.25, 0.3) is 11.7 Å². The van der Waals surface area contributed by atoms with E-state index in [1.807, 2.05) is 13.8 Å². The van der Waals surface area contributed by atoms with Crippen LogP contribution < -0.4 is 11.5 Å². The van der Waals surface area contributed by atoms with Gasteiger partial charge in [-0.2, -0.15) is 4.98 Å². The Balaban J connectivity index is 2.89. The first kappa shape index (κ1) is 10.6. The molecule has 1 unspecified atom stereocenters. The lowest BCUT2D eigenvalue weighted by molar-refractivity contribution is 0.0987. The summed E-state index contributed by atoms with van der Waals surface area (Å²) in [6, 6.07) is 0. The van der Waals surface area contributed by atoms with E-state index in [0.29, 0.717) is 12.4 Å². The van der Waals surface area contributed by atoms with Crippen molar-refractivity contribution in [2.75, 3.05) is 6.54 Å². The van der Waals surface area contributed by atoms with Crippen LogP contribution in [0, 0.1) is 5.92 Å². The van der Waals surface area contributed by atoms with Crippen LogP contribution in [0.2, 0.25) is 0 Å². The Hall–Kier alpha value is -1.43. The van der Waals surface area contributed by atoms with Gasteiger partial charge in [0.05, 0.1) is 5.92 Å². The van der Waals surface area contributed by atoms with Crippen LogP contribution >= 0.6 is 0 Å². The van der Waals surface area contributed by atoms with Crippen LogP contribution in [-0.2, 0) is 0 Å². The predicted molar refractivity (Wildman–Crippen MR) is 49.4 cm³/mol. The van der Waals surface area contributed by atoms with Crippen molar-refractivity contribution in [3.05, 3.63) is 11.7 Å². The summed E-state index contributed by atoms with van der Waals surface area (Å²) in [5.41, 5.74) is 10.5. The van der Waals surface area contributed by atoms with Gasteiger partial charge in [-0.15, -0.1) is 0 Å². The van der Waals surface area contributed by atoms with Crippen LogP contribution in [0.3, 0.4) is 0 Å². The number of rotatable bonds is 4. The van der Waals surface area contributed by atoms with Gasteiger partial charge in [0.1, 0.15) is 0 Å². The third-order valence-electron chi connectivity index (χ3n) is 2.04. The van der Waals surface area contributed by atoms with E-state index in [1.54, 1.807) is 0 Å². The fourth-order valence-electron chi connectivity index (χ4n) is 1.14. The van der Waals surface area contributed by atoms with Crippen LogP contribution in [-0.4, -0.2) is 22.6 Å². The fourth-order valence-corrected chi connectivity index (χ4v) is 1.14. The molecule has 14 heavy (non-hydrogen) atoms. The van der Waals surface area contributed by atoms with Crippen molar-refractivity contribution >= 4 is 5.91 Å². The van der Waals surface area contributed by atoms with E-state index in [-0.39, 0.29) is 17.7 Å². The maximum absolute atomic E-state index is 10.7. The molecule has 1 aromatic rings. The highest BCUT2D eigenvalue weighted by molar-refractivity contribution is 5.88. The monoisotopic (exact) mass is 198 g/mol. The zero-order valence-electron chi connectivity index (χ0n) is 8.23. The first-order valence-corrected chi connectivity index (χ1v) is 4.39. The topological polar surface area (TPSA) is 108 Å². The number of carbonyl (C=O) groups is 1. The molecule has 1 atom stereocenters. The largest absolute Gasteiger partial charge is 0.363 e. The molecule has 1 aromatic heterocycles. The maximum atomic E-state index is 10.7. The van der Waals surface area contributed by atoms with Crippen molar-refractivity contribution in [1.82, 2.24) is 10.1 Å². The molecule has 1 heterocycles. The minimum absolute atomic E-state index is 0.0319. The summed E-state index contributed by atoms with van der Waals surface area (Å²) >= 11 is 0. The highest BCUT2D eigenvalue weighted by Gasteiger charge is 2.22. The van der Waals surface area contributed by atoms with Crippen LogP contribution in [0.1, 0.15) is 36.3 Å². The Bertz CT molecular complexity index is 321. The summed E-state index contributed by atoms with van der Waals surface area (Å²) in [5.74, 6) is -0.174. The second-order valence-electron chi connectivity index (χ2n) is 3.41. The molecule has 0 saturated heterocycles. The van der Waals surface area contributed by atoms with Crippen molar-refractivity contribution in [3.63, 3.8) is 0 Å². The fraction of sp³-hybridized carbons (Fsp3) is 0.625. The van der Waals surface area contributed by atoms with Gasteiger partial charge < -0.3 is 16.0 Å². The second-order valence-corrected chi connectivity index (χ2v) is 3.41. The Morgan fingerprint density at radius 2 is 2.21 bits per heavy atom. The number of nitrogens with zero attached hydrogens (tertiary/aromatic N) is 2. The highest BCUT2D eigenvalue weighted by atomic mass is 16.5. The first-order valence-electron chi connectivity index (χ1n) is 4.39. The van der Waals surface area contributed by atoms with Gasteiger partial charge in [-0.3, -0.25) is 4.79 Å². The average molecular weight is 198 g/mol. The molecule has 1 rings (SSSR count). The summed E-state index contributed by atoms with van der Waals surface area (Å²) in [5, 5.41) is 3.45. The minimum Gasteiger partial charge on any atom is -0.363 e. The molecule has 6 heteroatoms. The molecular formula is C8H14N4O2. The summed E-state index contributed by atoms with van der Waals surface area (Å²) in [6.07, 6.45) is 0. The Labute approximate surface area is 81.6 Å². The quantitative estimate of drug-likeness (QED) is 0.700. The summed E-state index contributed by atoms with van der Waals surface area (Å²) in [4.78, 5) is 14.6. The normalized spacial score (nSPS) is 13.1. The Kier molecular flexibility index (Phi) is 3.19. The molecule has 4 N–H and O–H groups in total. The third-order valence-corrected chi connectivity index (χ3v) is 2.04. The third kappa shape index (κ3) is 2.08. The number of carbonyl (C=O) groups excluding carboxylic acids is 1. The molecule has 1 amide bonds. The van der Waals surface area contributed by atoms with Crippen LogP contribution in [0.5, 0.6) is 0 Å². The van der Waals surface area contributed by atoms with Gasteiger partial charge in [0.15, 0.2) is 0 Å². The molecule has 0 aromatic carbocycles. The van der Waals surface area contributed by atoms with Gasteiger partial charge in [-0.25, -0.2) is 0 Å². The molecule has 6 nitrogen and oxygen atoms in total. The van der Waals surface area contributed by atoms with E-state index >= 15 is 0 Å². The number of amides is 1. The van der Waals surface area contributed by atoms with Crippen LogP contribution in [0.4, 0.5) is 0 Å². The molecule has 0 saturated carbocycles. The average Bonchev–Trinajstić information content (AvgIpc) is 2.53. The SMILES string of the molecule is CC(C)C(CN)c1nc(C(N)=O)no1. The van der Waals surface area contributed by atoms with E-state index in [9.17, 15) is 4.79 Å². The van der Waals surface area contributed by atoms with E-state index in [1.165, 1.54) is 0 Å². The number of hydrogen-bond acceptors (Lipinski definition) is 5. The lowest BCUT2D eigenvalue weighted by Gasteiger charge is -2.12. The molecule has 0 aliphatic carbocycles. The molecule has 0 bridgehead atoms. The Morgan fingerprint density at radius 1 is 1.57 bits per heavy atom. The molecule has 0 radical (unpaired) electrons. The molecule has 0 spiro atoms. The smallest absolute Gasteiger partial charge is 0.290 e. The summed E-state index contributed by atoms with van der Waals surface area (Å²) in [7, 11) is 0. The molecular weight excluding hydrogens is 184 g/mol. The van der Waals surface area contributed by atoms with E-state index < -0.39 is 5.91 Å². The zero-order chi connectivity index (χ0) is 10.7. The van der Waals surface area contributed by atoms with Crippen LogP contribution in [0.25, 0.3) is 0 Å². The number of hydrogen-bond donors (Lipinski definition) is 2. The van der Waals surface area contributed by atoms with E-state index in [2.05, 4.69) is 10.1 Å². The van der Waals surface area contributed by atoms with Crippen LogP contribution in [0.15, 0.2) is 4.52 Å². The van der Waals surface area contributed by atoms with Gasteiger partial charge in [0, 0.05) is 6.54 Å². The van der Waals surface area contributed by atoms with Crippen molar-refractivity contribution in [2.45, 2.75) is 19.8 Å². The molecule has 0 aliphatic rings. The first-order chi connectivity index (χ1) is 6.56. The molecule has 78 valence electrons. The second kappa shape index (κ2) is 4.19. The van der Waals surface area contributed by atoms with Crippen molar-refractivity contribution in [1.29, 1.82) is 0 Å². The van der Waals surface area contributed by atoms with E-state index in [0.717, 1.165) is 0 Å². The number of aromatic nitrogens is 2. The Morgan fingerprint density at radius 3 is 2.57 bits per heavy atom. The molecule has 0 fully saturated rings. The van der Waals surface area contributed by atoms with Gasteiger partial charge in [-0.05, 0) is 5.92 Å². The van der Waals surface area contributed by atoms with Gasteiger partial charge in [0.2, 0.25) is 5.89 Å². The standard InChI is InChI=1S/C8H14N4O2/c1-4(2)5(3-9)8-11-7(6(10)13)12-14-8/h4-5H,3,9H2,1-2H3,(H2,10,13). The summed E-state index contributed by atoms with van der Waals surface area (Å²) in [6.45, 7) is 4.38. The minimum atomic E-state index is -0.695. The maximum Gasteiger partial charge on any atom is 0.290 e. The van der Waals surface area contributed by atoms with Crippen molar-refractivity contribution in [3.8, 4) is 0 Å². The predicted octanol–water partition coefficient (Wildman–Crippen LogP) is -0.133. The van der Waals surface area contributed by atoms with Crippen molar-refractivity contribution < 1.29 is 9.32 Å².